The molecule has 1 N–H and O–H groups in total. The molecule has 0 radical (unpaired) electrons. The Labute approximate surface area is 147 Å². The first-order valence-corrected chi connectivity index (χ1v) is 8.85. The smallest absolute Gasteiger partial charge is 0.153 e. The molecule has 0 saturated carbocycles. The molecule has 2 aromatic heterocycles. The molecule has 3 heterocycles. The van der Waals surface area contributed by atoms with E-state index in [1.54, 1.807) is 6.20 Å². The Bertz CT molecular complexity index is 796. The summed E-state index contributed by atoms with van der Waals surface area (Å²) in [5.41, 5.74) is 0.888. The molecule has 1 aromatic carbocycles. The van der Waals surface area contributed by atoms with Gasteiger partial charge in [-0.15, -0.1) is 5.10 Å². The highest BCUT2D eigenvalue weighted by molar-refractivity contribution is 5.46. The Hall–Kier alpha value is -2.60. The Morgan fingerprint density at radius 2 is 1.92 bits per heavy atom. The summed E-state index contributed by atoms with van der Waals surface area (Å²) in [6.45, 7) is 3.61. The van der Waals surface area contributed by atoms with Crippen molar-refractivity contribution in [2.45, 2.75) is 18.9 Å². The number of ether oxygens (including phenoxy) is 1. The number of aromatic nitrogens is 3. The van der Waals surface area contributed by atoms with Gasteiger partial charge in [-0.3, -0.25) is 0 Å². The Morgan fingerprint density at radius 3 is 2.76 bits per heavy atom. The van der Waals surface area contributed by atoms with Crippen LogP contribution in [0.4, 0.5) is 5.82 Å². The van der Waals surface area contributed by atoms with Crippen molar-refractivity contribution >= 4 is 11.5 Å². The Balaban J connectivity index is 1.21. The van der Waals surface area contributed by atoms with Crippen molar-refractivity contribution in [3.8, 4) is 5.75 Å². The molecule has 0 spiro atoms. The van der Waals surface area contributed by atoms with Crippen LogP contribution >= 0.6 is 0 Å². The van der Waals surface area contributed by atoms with E-state index in [4.69, 9.17) is 4.74 Å². The summed E-state index contributed by atoms with van der Waals surface area (Å²) in [5.74, 6) is 1.96. The molecule has 1 fully saturated rings. The minimum absolute atomic E-state index is 0.549. The molecule has 25 heavy (non-hydrogen) atoms. The molecular formula is C19H23N5O. The topological polar surface area (TPSA) is 54.7 Å². The molecule has 6 nitrogen and oxygen atoms in total. The van der Waals surface area contributed by atoms with E-state index in [0.29, 0.717) is 12.6 Å². The number of nitrogens with one attached hydrogen (secondary N) is 1. The zero-order valence-corrected chi connectivity index (χ0v) is 14.2. The van der Waals surface area contributed by atoms with Gasteiger partial charge in [0, 0.05) is 38.1 Å². The van der Waals surface area contributed by atoms with Crippen LogP contribution in [0.15, 0.2) is 54.9 Å². The average molecular weight is 337 g/mol. The zero-order chi connectivity index (χ0) is 16.9. The summed E-state index contributed by atoms with van der Waals surface area (Å²) in [6.07, 6.45) is 5.91. The third kappa shape index (κ3) is 3.91. The first-order valence-electron chi connectivity index (χ1n) is 8.85. The number of nitrogens with zero attached hydrogens (tertiary/aromatic N) is 4. The molecule has 0 aliphatic carbocycles. The number of para-hydroxylation sites is 1. The molecule has 1 saturated heterocycles. The lowest BCUT2D eigenvalue weighted by atomic mass is 10.1. The monoisotopic (exact) mass is 337 g/mol. The molecule has 0 amide bonds. The van der Waals surface area contributed by atoms with Crippen LogP contribution in [0.25, 0.3) is 5.65 Å². The highest BCUT2D eigenvalue weighted by Crippen LogP contribution is 2.18. The van der Waals surface area contributed by atoms with E-state index in [2.05, 4.69) is 26.4 Å². The largest absolute Gasteiger partial charge is 0.492 e. The lowest BCUT2D eigenvalue weighted by Crippen LogP contribution is -2.44. The Morgan fingerprint density at radius 1 is 1.08 bits per heavy atom. The second-order valence-electron chi connectivity index (χ2n) is 6.30. The minimum Gasteiger partial charge on any atom is -0.492 e. The fraction of sp³-hybridized carbons (Fsp3) is 0.368. The summed E-state index contributed by atoms with van der Waals surface area (Å²) in [6, 6.07) is 14.6. The van der Waals surface area contributed by atoms with Crippen LogP contribution in [0.1, 0.15) is 12.8 Å². The predicted octanol–water partition coefficient (Wildman–Crippen LogP) is 2.37. The summed E-state index contributed by atoms with van der Waals surface area (Å²) >= 11 is 0. The third-order valence-corrected chi connectivity index (χ3v) is 4.61. The fourth-order valence-corrected chi connectivity index (χ4v) is 3.24. The molecule has 130 valence electrons. The van der Waals surface area contributed by atoms with Gasteiger partial charge in [-0.2, -0.15) is 0 Å². The maximum absolute atomic E-state index is 5.73. The first kappa shape index (κ1) is 15.9. The van der Waals surface area contributed by atoms with E-state index < -0.39 is 0 Å². The molecule has 0 unspecified atom stereocenters. The normalized spacial score (nSPS) is 15.6. The van der Waals surface area contributed by atoms with Crippen LogP contribution in [0.3, 0.4) is 0 Å². The van der Waals surface area contributed by atoms with E-state index in [1.165, 1.54) is 0 Å². The van der Waals surface area contributed by atoms with Crippen LogP contribution in [-0.2, 0) is 0 Å². The van der Waals surface area contributed by atoms with E-state index in [9.17, 15) is 0 Å². The molecule has 6 heteroatoms. The number of hydrogen-bond donors (Lipinski definition) is 1. The molecule has 0 bridgehead atoms. The van der Waals surface area contributed by atoms with Gasteiger partial charge in [0.1, 0.15) is 18.2 Å². The summed E-state index contributed by atoms with van der Waals surface area (Å²) in [7, 11) is 0. The summed E-state index contributed by atoms with van der Waals surface area (Å²) in [5, 5.41) is 8.23. The molecule has 1 aliphatic heterocycles. The first-order chi connectivity index (χ1) is 12.4. The molecule has 0 atom stereocenters. The lowest BCUT2D eigenvalue weighted by molar-refractivity contribution is 0.296. The van der Waals surface area contributed by atoms with Crippen molar-refractivity contribution in [3.05, 3.63) is 54.9 Å². The van der Waals surface area contributed by atoms with Crippen molar-refractivity contribution in [2.75, 3.05) is 31.1 Å². The van der Waals surface area contributed by atoms with E-state index in [-0.39, 0.29) is 0 Å². The number of anilines is 1. The second-order valence-corrected chi connectivity index (χ2v) is 6.30. The van der Waals surface area contributed by atoms with Crippen LogP contribution in [0, 0.1) is 0 Å². The number of piperidine rings is 1. The molecular weight excluding hydrogens is 314 g/mol. The van der Waals surface area contributed by atoms with Crippen molar-refractivity contribution in [1.82, 2.24) is 19.9 Å². The zero-order valence-electron chi connectivity index (χ0n) is 14.2. The van der Waals surface area contributed by atoms with E-state index in [0.717, 1.165) is 49.7 Å². The maximum Gasteiger partial charge on any atom is 0.153 e. The third-order valence-electron chi connectivity index (χ3n) is 4.61. The van der Waals surface area contributed by atoms with Gasteiger partial charge in [0.2, 0.25) is 0 Å². The highest BCUT2D eigenvalue weighted by atomic mass is 16.5. The van der Waals surface area contributed by atoms with Crippen molar-refractivity contribution < 1.29 is 4.74 Å². The van der Waals surface area contributed by atoms with E-state index >= 15 is 0 Å². The lowest BCUT2D eigenvalue weighted by Gasteiger charge is -2.33. The van der Waals surface area contributed by atoms with Crippen LogP contribution in [0.2, 0.25) is 0 Å². The van der Waals surface area contributed by atoms with Crippen LogP contribution < -0.4 is 15.0 Å². The predicted molar refractivity (Wildman–Crippen MR) is 98.2 cm³/mol. The van der Waals surface area contributed by atoms with Gasteiger partial charge in [-0.05, 0) is 37.1 Å². The molecule has 1 aliphatic rings. The highest BCUT2D eigenvalue weighted by Gasteiger charge is 2.20. The van der Waals surface area contributed by atoms with Gasteiger partial charge in [0.25, 0.3) is 0 Å². The van der Waals surface area contributed by atoms with Crippen molar-refractivity contribution in [1.29, 1.82) is 0 Å². The van der Waals surface area contributed by atoms with Gasteiger partial charge in [0.05, 0.1) is 0 Å². The Kier molecular flexibility index (Phi) is 4.79. The fourth-order valence-electron chi connectivity index (χ4n) is 3.24. The van der Waals surface area contributed by atoms with Gasteiger partial charge in [0.15, 0.2) is 5.65 Å². The van der Waals surface area contributed by atoms with Gasteiger partial charge >= 0.3 is 0 Å². The molecule has 4 rings (SSSR count). The number of rotatable bonds is 6. The van der Waals surface area contributed by atoms with Crippen LogP contribution in [0.5, 0.6) is 5.75 Å². The SMILES string of the molecule is c1ccc(OCCNC2CCN(c3ccc4nccn4n3)CC2)cc1. The van der Waals surface area contributed by atoms with Gasteiger partial charge < -0.3 is 15.0 Å². The number of benzene rings is 1. The average Bonchev–Trinajstić information content (AvgIpc) is 3.14. The van der Waals surface area contributed by atoms with Crippen LogP contribution in [-0.4, -0.2) is 46.9 Å². The quantitative estimate of drug-likeness (QED) is 0.700. The number of fused-ring (bicyclic) bond motifs is 1. The number of hydrogen-bond acceptors (Lipinski definition) is 5. The minimum atomic E-state index is 0.549. The second kappa shape index (κ2) is 7.53. The van der Waals surface area contributed by atoms with Gasteiger partial charge in [-0.25, -0.2) is 9.50 Å². The van der Waals surface area contributed by atoms with E-state index in [1.807, 2.05) is 47.1 Å². The van der Waals surface area contributed by atoms with Gasteiger partial charge in [-0.1, -0.05) is 18.2 Å². The maximum atomic E-state index is 5.73. The van der Waals surface area contributed by atoms with Crippen molar-refractivity contribution in [3.63, 3.8) is 0 Å². The van der Waals surface area contributed by atoms with Crippen molar-refractivity contribution in [2.24, 2.45) is 0 Å². The summed E-state index contributed by atoms with van der Waals surface area (Å²) < 4.78 is 7.56. The standard InChI is InChI=1S/C19H23N5O/c1-2-4-17(5-3-1)25-15-11-20-16-8-12-23(13-9-16)19-7-6-18-21-10-14-24(18)22-19/h1-7,10,14,16,20H,8-9,11-13,15H2. The summed E-state index contributed by atoms with van der Waals surface area (Å²) in [4.78, 5) is 6.59. The number of imidazole rings is 1. The molecule has 3 aromatic rings.